The van der Waals surface area contributed by atoms with E-state index in [9.17, 15) is 14.9 Å². The third-order valence-electron chi connectivity index (χ3n) is 4.87. The summed E-state index contributed by atoms with van der Waals surface area (Å²) in [5.74, 6) is 0.935. The number of para-hydroxylation sites is 1. The number of hydrogen-bond acceptors (Lipinski definition) is 6. The molecule has 0 amide bonds. The minimum atomic E-state index is -0.484. The summed E-state index contributed by atoms with van der Waals surface area (Å²) >= 11 is 0. The van der Waals surface area contributed by atoms with E-state index in [0.29, 0.717) is 17.1 Å². The fraction of sp³-hybridized carbons (Fsp3) is 0.120. The van der Waals surface area contributed by atoms with E-state index in [-0.39, 0.29) is 18.8 Å². The predicted octanol–water partition coefficient (Wildman–Crippen LogP) is 5.48. The van der Waals surface area contributed by atoms with Crippen molar-refractivity contribution in [2.24, 2.45) is 0 Å². The first-order valence-corrected chi connectivity index (χ1v) is 10.3. The van der Waals surface area contributed by atoms with Gasteiger partial charge in [-0.15, -0.1) is 0 Å². The minimum absolute atomic E-state index is 0.00309. The number of aromatic nitrogens is 2. The number of hydrogen-bond donors (Lipinski definition) is 0. The number of carbonyl (C=O) groups excluding carboxylic acids is 1. The Labute approximate surface area is 190 Å². The molecule has 33 heavy (non-hydrogen) atoms. The fourth-order valence-electron chi connectivity index (χ4n) is 3.26. The summed E-state index contributed by atoms with van der Waals surface area (Å²) < 4.78 is 12.6. The summed E-state index contributed by atoms with van der Waals surface area (Å²) in [4.78, 5) is 22.9. The van der Waals surface area contributed by atoms with Gasteiger partial charge in [0.1, 0.15) is 17.2 Å². The second-order valence-electron chi connectivity index (χ2n) is 7.16. The molecule has 0 atom stereocenters. The van der Waals surface area contributed by atoms with Gasteiger partial charge >= 0.3 is 5.97 Å². The van der Waals surface area contributed by atoms with E-state index in [1.54, 1.807) is 29.8 Å². The molecule has 1 heterocycles. The Kier molecular flexibility index (Phi) is 6.45. The molecule has 0 radical (unpaired) electrons. The van der Waals surface area contributed by atoms with Crippen LogP contribution in [0.25, 0.3) is 11.3 Å². The van der Waals surface area contributed by atoms with Crippen LogP contribution in [-0.4, -0.2) is 27.3 Å². The number of benzene rings is 3. The van der Waals surface area contributed by atoms with Gasteiger partial charge in [-0.1, -0.05) is 30.3 Å². The van der Waals surface area contributed by atoms with Crippen molar-refractivity contribution in [3.63, 3.8) is 0 Å². The first-order valence-electron chi connectivity index (χ1n) is 10.3. The van der Waals surface area contributed by atoms with E-state index in [4.69, 9.17) is 9.47 Å². The zero-order valence-corrected chi connectivity index (χ0v) is 17.9. The highest BCUT2D eigenvalue weighted by molar-refractivity contribution is 5.89. The highest BCUT2D eigenvalue weighted by Crippen LogP contribution is 2.26. The Hall–Kier alpha value is -4.46. The van der Waals surface area contributed by atoms with Crippen LogP contribution in [0.3, 0.4) is 0 Å². The average Bonchev–Trinajstić information content (AvgIpc) is 3.24. The first kappa shape index (κ1) is 21.8. The van der Waals surface area contributed by atoms with Crippen LogP contribution >= 0.6 is 0 Å². The molecule has 4 aromatic rings. The molecule has 0 aliphatic heterocycles. The lowest BCUT2D eigenvalue weighted by atomic mass is 10.1. The average molecular weight is 443 g/mol. The highest BCUT2D eigenvalue weighted by atomic mass is 16.6. The number of non-ortho nitro benzene ring substituents is 1. The van der Waals surface area contributed by atoms with Crippen molar-refractivity contribution in [1.29, 1.82) is 0 Å². The Bertz CT molecular complexity index is 1250. The van der Waals surface area contributed by atoms with Crippen LogP contribution in [0.5, 0.6) is 11.5 Å². The summed E-state index contributed by atoms with van der Waals surface area (Å²) in [6.45, 7) is 2.24. The summed E-state index contributed by atoms with van der Waals surface area (Å²) in [7, 11) is 0. The third-order valence-corrected chi connectivity index (χ3v) is 4.87. The number of nitro groups is 1. The summed E-state index contributed by atoms with van der Waals surface area (Å²) in [5, 5.41) is 15.5. The van der Waals surface area contributed by atoms with Crippen molar-refractivity contribution in [3.8, 4) is 22.8 Å². The largest absolute Gasteiger partial charge is 0.461 e. The lowest BCUT2D eigenvalue weighted by Crippen LogP contribution is -2.14. The Morgan fingerprint density at radius 3 is 2.27 bits per heavy atom. The smallest absolute Gasteiger partial charge is 0.356 e. The standard InChI is InChI=1S/C25H21N3O5/c1-2-32-25(29)24-16-23(26-27(24)17-18-8-12-20(13-9-18)28(30)31)19-10-14-22(15-11-19)33-21-6-4-3-5-7-21/h3-16H,2,17H2,1H3. The molecule has 0 saturated heterocycles. The third kappa shape index (κ3) is 5.24. The van der Waals surface area contributed by atoms with E-state index < -0.39 is 10.9 Å². The van der Waals surface area contributed by atoms with Gasteiger partial charge in [-0.05, 0) is 55.0 Å². The lowest BCUT2D eigenvalue weighted by molar-refractivity contribution is -0.384. The molecular weight excluding hydrogens is 422 g/mol. The minimum Gasteiger partial charge on any atom is -0.461 e. The molecule has 0 aliphatic carbocycles. The van der Waals surface area contributed by atoms with Crippen LogP contribution in [0.1, 0.15) is 23.0 Å². The first-order chi connectivity index (χ1) is 16.0. The molecule has 0 fully saturated rings. The Balaban J connectivity index is 1.59. The number of esters is 1. The molecule has 3 aromatic carbocycles. The second kappa shape index (κ2) is 9.78. The SMILES string of the molecule is CCOC(=O)c1cc(-c2ccc(Oc3ccccc3)cc2)nn1Cc1ccc([N+](=O)[O-])cc1. The van der Waals surface area contributed by atoms with Crippen molar-refractivity contribution in [1.82, 2.24) is 9.78 Å². The molecule has 0 unspecified atom stereocenters. The van der Waals surface area contributed by atoms with Gasteiger partial charge in [-0.3, -0.25) is 14.8 Å². The van der Waals surface area contributed by atoms with Crippen molar-refractivity contribution >= 4 is 11.7 Å². The topological polar surface area (TPSA) is 96.5 Å². The molecule has 0 bridgehead atoms. The quantitative estimate of drug-likeness (QED) is 0.203. The Morgan fingerprint density at radius 1 is 0.970 bits per heavy atom. The molecule has 0 N–H and O–H groups in total. The number of ether oxygens (including phenoxy) is 2. The number of carbonyl (C=O) groups is 1. The summed E-state index contributed by atoms with van der Waals surface area (Å²) in [6.07, 6.45) is 0. The molecule has 8 heteroatoms. The molecule has 0 aliphatic rings. The molecule has 166 valence electrons. The van der Waals surface area contributed by atoms with E-state index in [1.807, 2.05) is 54.6 Å². The summed E-state index contributed by atoms with van der Waals surface area (Å²) in [6, 6.07) is 24.7. The van der Waals surface area contributed by atoms with Crippen LogP contribution in [0, 0.1) is 10.1 Å². The molecule has 0 saturated carbocycles. The Morgan fingerprint density at radius 2 is 1.64 bits per heavy atom. The number of nitro benzene ring substituents is 1. The number of nitrogens with zero attached hydrogens (tertiary/aromatic N) is 3. The fourth-order valence-corrected chi connectivity index (χ4v) is 3.26. The maximum atomic E-state index is 12.5. The van der Waals surface area contributed by atoms with E-state index in [2.05, 4.69) is 5.10 Å². The predicted molar refractivity (Wildman–Crippen MR) is 122 cm³/mol. The zero-order valence-electron chi connectivity index (χ0n) is 17.9. The molecule has 4 rings (SSSR count). The summed E-state index contributed by atoms with van der Waals surface area (Å²) in [5.41, 5.74) is 2.49. The van der Waals surface area contributed by atoms with Gasteiger partial charge in [0.2, 0.25) is 0 Å². The van der Waals surface area contributed by atoms with Gasteiger partial charge in [0, 0.05) is 17.7 Å². The van der Waals surface area contributed by atoms with Crippen LogP contribution in [-0.2, 0) is 11.3 Å². The van der Waals surface area contributed by atoms with Crippen molar-refractivity contribution in [2.75, 3.05) is 6.61 Å². The van der Waals surface area contributed by atoms with Crippen LogP contribution < -0.4 is 4.74 Å². The van der Waals surface area contributed by atoms with Gasteiger partial charge in [-0.2, -0.15) is 5.10 Å². The van der Waals surface area contributed by atoms with Crippen molar-refractivity contribution < 1.29 is 19.2 Å². The van der Waals surface area contributed by atoms with Gasteiger partial charge in [-0.25, -0.2) is 4.79 Å². The maximum absolute atomic E-state index is 12.5. The van der Waals surface area contributed by atoms with E-state index >= 15 is 0 Å². The van der Waals surface area contributed by atoms with Gasteiger partial charge < -0.3 is 9.47 Å². The van der Waals surface area contributed by atoms with Crippen LogP contribution in [0.4, 0.5) is 5.69 Å². The van der Waals surface area contributed by atoms with Crippen molar-refractivity contribution in [3.05, 3.63) is 106 Å². The second-order valence-corrected chi connectivity index (χ2v) is 7.16. The molecule has 8 nitrogen and oxygen atoms in total. The van der Waals surface area contributed by atoms with Gasteiger partial charge in [0.25, 0.3) is 5.69 Å². The molecular formula is C25H21N3O5. The zero-order chi connectivity index (χ0) is 23.2. The van der Waals surface area contributed by atoms with E-state index in [1.165, 1.54) is 12.1 Å². The monoisotopic (exact) mass is 443 g/mol. The van der Waals surface area contributed by atoms with Crippen molar-refractivity contribution in [2.45, 2.75) is 13.5 Å². The normalized spacial score (nSPS) is 10.6. The number of rotatable bonds is 8. The maximum Gasteiger partial charge on any atom is 0.356 e. The van der Waals surface area contributed by atoms with Crippen LogP contribution in [0.2, 0.25) is 0 Å². The van der Waals surface area contributed by atoms with Crippen LogP contribution in [0.15, 0.2) is 84.9 Å². The van der Waals surface area contributed by atoms with E-state index in [0.717, 1.165) is 16.9 Å². The molecule has 1 aromatic heterocycles. The lowest BCUT2D eigenvalue weighted by Gasteiger charge is -2.07. The highest BCUT2D eigenvalue weighted by Gasteiger charge is 2.18. The molecule has 0 spiro atoms. The van der Waals surface area contributed by atoms with Gasteiger partial charge in [0.05, 0.1) is 23.8 Å². The van der Waals surface area contributed by atoms with Gasteiger partial charge in [0.15, 0.2) is 0 Å².